The van der Waals surface area contributed by atoms with Gasteiger partial charge in [0, 0.05) is 25.7 Å². The van der Waals surface area contributed by atoms with Crippen molar-refractivity contribution in [3.63, 3.8) is 0 Å². The van der Waals surface area contributed by atoms with Crippen molar-refractivity contribution in [3.05, 3.63) is 29.6 Å². The molecule has 4 heteroatoms. The Kier molecular flexibility index (Phi) is 2.69. The number of alkyl halides is 2. The molecule has 2 rings (SSSR count). The predicted molar refractivity (Wildman–Crippen MR) is 53.8 cm³/mol. The van der Waals surface area contributed by atoms with Crippen molar-refractivity contribution < 1.29 is 8.78 Å². The lowest BCUT2D eigenvalue weighted by molar-refractivity contribution is 0.0114. The minimum absolute atomic E-state index is 0.0290. The Morgan fingerprint density at radius 3 is 2.93 bits per heavy atom. The van der Waals surface area contributed by atoms with Gasteiger partial charge in [-0.05, 0) is 24.6 Å². The monoisotopic (exact) mass is 212 g/mol. The molecule has 0 saturated carbocycles. The van der Waals surface area contributed by atoms with Crippen molar-refractivity contribution in [2.45, 2.75) is 25.8 Å². The maximum atomic E-state index is 12.9. The SMILES string of the molecule is Cc1ccnc(CN2CCC(F)(F)C2)c1. The van der Waals surface area contributed by atoms with Crippen LogP contribution in [0.15, 0.2) is 18.3 Å². The molecule has 0 atom stereocenters. The second-order valence-corrected chi connectivity index (χ2v) is 4.14. The third-order valence-corrected chi connectivity index (χ3v) is 2.61. The highest BCUT2D eigenvalue weighted by Crippen LogP contribution is 2.27. The number of pyridine rings is 1. The molecule has 1 fully saturated rings. The Morgan fingerprint density at radius 2 is 2.33 bits per heavy atom. The number of hydrogen-bond donors (Lipinski definition) is 0. The largest absolute Gasteiger partial charge is 0.291 e. The molecular formula is C11H14F2N2. The standard InChI is InChI=1S/C11H14F2N2/c1-9-2-4-14-10(6-9)7-15-5-3-11(12,13)8-15/h2,4,6H,3,5,7-8H2,1H3. The van der Waals surface area contributed by atoms with Crippen molar-refractivity contribution in [1.82, 2.24) is 9.88 Å². The zero-order chi connectivity index (χ0) is 10.9. The second-order valence-electron chi connectivity index (χ2n) is 4.14. The topological polar surface area (TPSA) is 16.1 Å². The number of hydrogen-bond acceptors (Lipinski definition) is 2. The van der Waals surface area contributed by atoms with Crippen molar-refractivity contribution in [1.29, 1.82) is 0 Å². The highest BCUT2D eigenvalue weighted by molar-refractivity contribution is 5.14. The maximum Gasteiger partial charge on any atom is 0.261 e. The quantitative estimate of drug-likeness (QED) is 0.747. The molecular weight excluding hydrogens is 198 g/mol. The second kappa shape index (κ2) is 3.85. The lowest BCUT2D eigenvalue weighted by Crippen LogP contribution is -2.25. The summed E-state index contributed by atoms with van der Waals surface area (Å²) < 4.78 is 25.8. The van der Waals surface area contributed by atoms with E-state index in [1.54, 1.807) is 11.1 Å². The van der Waals surface area contributed by atoms with Crippen molar-refractivity contribution in [3.8, 4) is 0 Å². The van der Waals surface area contributed by atoms with Gasteiger partial charge in [0.25, 0.3) is 5.92 Å². The van der Waals surface area contributed by atoms with Gasteiger partial charge in [-0.15, -0.1) is 0 Å². The molecule has 1 aliphatic rings. The highest BCUT2D eigenvalue weighted by atomic mass is 19.3. The van der Waals surface area contributed by atoms with E-state index < -0.39 is 5.92 Å². The summed E-state index contributed by atoms with van der Waals surface area (Å²) in [6, 6.07) is 3.85. The van der Waals surface area contributed by atoms with E-state index in [0.29, 0.717) is 13.1 Å². The van der Waals surface area contributed by atoms with Crippen LogP contribution >= 0.6 is 0 Å². The van der Waals surface area contributed by atoms with Gasteiger partial charge in [-0.1, -0.05) is 0 Å². The van der Waals surface area contributed by atoms with Gasteiger partial charge in [-0.25, -0.2) is 8.78 Å². The molecule has 15 heavy (non-hydrogen) atoms. The van der Waals surface area contributed by atoms with E-state index in [1.165, 1.54) is 0 Å². The first-order chi connectivity index (χ1) is 7.05. The lowest BCUT2D eigenvalue weighted by Gasteiger charge is -2.14. The van der Waals surface area contributed by atoms with E-state index in [9.17, 15) is 8.78 Å². The number of rotatable bonds is 2. The van der Waals surface area contributed by atoms with E-state index in [4.69, 9.17) is 0 Å². The lowest BCUT2D eigenvalue weighted by atomic mass is 10.2. The predicted octanol–water partition coefficient (Wildman–Crippen LogP) is 2.23. The third-order valence-electron chi connectivity index (χ3n) is 2.61. The number of halogens is 2. The average Bonchev–Trinajstić information content (AvgIpc) is 2.45. The highest BCUT2D eigenvalue weighted by Gasteiger charge is 2.37. The van der Waals surface area contributed by atoms with Gasteiger partial charge in [-0.3, -0.25) is 9.88 Å². The number of likely N-dealkylation sites (tertiary alicyclic amines) is 1. The Balaban J connectivity index is 1.99. The zero-order valence-electron chi connectivity index (χ0n) is 8.71. The molecule has 1 aromatic rings. The summed E-state index contributed by atoms with van der Waals surface area (Å²) in [6.45, 7) is 2.83. The van der Waals surface area contributed by atoms with Crippen LogP contribution in [-0.4, -0.2) is 28.9 Å². The summed E-state index contributed by atoms with van der Waals surface area (Å²) in [7, 11) is 0. The summed E-state index contributed by atoms with van der Waals surface area (Å²) >= 11 is 0. The fraction of sp³-hybridized carbons (Fsp3) is 0.545. The van der Waals surface area contributed by atoms with E-state index >= 15 is 0 Å². The number of aromatic nitrogens is 1. The van der Waals surface area contributed by atoms with Crippen LogP contribution in [0.25, 0.3) is 0 Å². The van der Waals surface area contributed by atoms with Crippen LogP contribution in [0.2, 0.25) is 0 Å². The van der Waals surface area contributed by atoms with Gasteiger partial charge in [-0.2, -0.15) is 0 Å². The molecule has 1 aromatic heterocycles. The van der Waals surface area contributed by atoms with Crippen molar-refractivity contribution >= 4 is 0 Å². The van der Waals surface area contributed by atoms with Crippen LogP contribution in [-0.2, 0) is 6.54 Å². The molecule has 0 amide bonds. The van der Waals surface area contributed by atoms with Gasteiger partial charge in [0.05, 0.1) is 12.2 Å². The Hall–Kier alpha value is -1.03. The molecule has 0 N–H and O–H groups in total. The smallest absolute Gasteiger partial charge is 0.261 e. The average molecular weight is 212 g/mol. The Labute approximate surface area is 87.9 Å². The molecule has 1 aliphatic heterocycles. The minimum Gasteiger partial charge on any atom is -0.291 e. The summed E-state index contributed by atoms with van der Waals surface area (Å²) in [5.74, 6) is -2.51. The molecule has 1 saturated heterocycles. The first-order valence-electron chi connectivity index (χ1n) is 5.07. The molecule has 2 nitrogen and oxygen atoms in total. The van der Waals surface area contributed by atoms with E-state index in [0.717, 1.165) is 11.3 Å². The fourth-order valence-electron chi connectivity index (χ4n) is 1.86. The Morgan fingerprint density at radius 1 is 1.53 bits per heavy atom. The Bertz CT molecular complexity index is 352. The molecule has 0 aliphatic carbocycles. The van der Waals surface area contributed by atoms with Gasteiger partial charge < -0.3 is 0 Å². The van der Waals surface area contributed by atoms with Crippen LogP contribution < -0.4 is 0 Å². The van der Waals surface area contributed by atoms with Crippen LogP contribution in [0.1, 0.15) is 17.7 Å². The first kappa shape index (κ1) is 10.5. The molecule has 0 spiro atoms. The third kappa shape index (κ3) is 2.72. The minimum atomic E-state index is -2.51. The fourth-order valence-corrected chi connectivity index (χ4v) is 1.86. The van der Waals surface area contributed by atoms with Gasteiger partial charge in [0.15, 0.2) is 0 Å². The van der Waals surface area contributed by atoms with Gasteiger partial charge in [0.1, 0.15) is 0 Å². The molecule has 82 valence electrons. The molecule has 0 bridgehead atoms. The summed E-state index contributed by atoms with van der Waals surface area (Å²) in [4.78, 5) is 5.92. The van der Waals surface area contributed by atoms with Gasteiger partial charge in [0.2, 0.25) is 0 Å². The molecule has 0 radical (unpaired) electrons. The van der Waals surface area contributed by atoms with E-state index in [1.807, 2.05) is 19.1 Å². The van der Waals surface area contributed by atoms with E-state index in [2.05, 4.69) is 4.98 Å². The van der Waals surface area contributed by atoms with Crippen molar-refractivity contribution in [2.24, 2.45) is 0 Å². The van der Waals surface area contributed by atoms with Crippen LogP contribution in [0, 0.1) is 6.92 Å². The van der Waals surface area contributed by atoms with Crippen LogP contribution in [0.5, 0.6) is 0 Å². The molecule has 2 heterocycles. The number of aryl methyl sites for hydroxylation is 1. The molecule has 0 unspecified atom stereocenters. The van der Waals surface area contributed by atoms with Gasteiger partial charge >= 0.3 is 0 Å². The zero-order valence-corrected chi connectivity index (χ0v) is 8.71. The summed E-state index contributed by atoms with van der Waals surface area (Å²) in [5, 5.41) is 0. The summed E-state index contributed by atoms with van der Waals surface area (Å²) in [6.07, 6.45) is 1.69. The first-order valence-corrected chi connectivity index (χ1v) is 5.07. The van der Waals surface area contributed by atoms with Crippen LogP contribution in [0.3, 0.4) is 0 Å². The number of nitrogens with zero attached hydrogens (tertiary/aromatic N) is 2. The molecule has 0 aromatic carbocycles. The maximum absolute atomic E-state index is 12.9. The van der Waals surface area contributed by atoms with E-state index in [-0.39, 0.29) is 13.0 Å². The summed E-state index contributed by atoms with van der Waals surface area (Å²) in [5.41, 5.74) is 1.98. The van der Waals surface area contributed by atoms with Crippen LogP contribution in [0.4, 0.5) is 8.78 Å². The van der Waals surface area contributed by atoms with Crippen molar-refractivity contribution in [2.75, 3.05) is 13.1 Å². The normalized spacial score (nSPS) is 20.7.